The number of hydrogen-bond acceptors (Lipinski definition) is 3. The molecule has 0 amide bonds. The molecule has 1 heterocycles. The van der Waals surface area contributed by atoms with Crippen LogP contribution in [0, 0.1) is 0 Å². The molecule has 3 nitrogen and oxygen atoms in total. The van der Waals surface area contributed by atoms with Gasteiger partial charge < -0.3 is 4.74 Å². The Morgan fingerprint density at radius 2 is 2.00 bits per heavy atom. The normalized spacial score (nSPS) is 17.6. The van der Waals surface area contributed by atoms with E-state index in [0.29, 0.717) is 12.0 Å². The summed E-state index contributed by atoms with van der Waals surface area (Å²) in [7, 11) is 0. The molecule has 0 radical (unpaired) electrons. The van der Waals surface area contributed by atoms with E-state index in [9.17, 15) is 0 Å². The highest BCUT2D eigenvalue weighted by molar-refractivity contribution is 9.10. The van der Waals surface area contributed by atoms with Crippen LogP contribution in [0.5, 0.6) is 5.88 Å². The second kappa shape index (κ2) is 4.05. The Hall–Kier alpha value is -0.640. The highest BCUT2D eigenvalue weighted by atomic mass is 79.9. The summed E-state index contributed by atoms with van der Waals surface area (Å²) >= 11 is 3.23. The third kappa shape index (κ3) is 2.40. The van der Waals surface area contributed by atoms with E-state index in [4.69, 9.17) is 4.74 Å². The molecule has 70 valence electrons. The summed E-state index contributed by atoms with van der Waals surface area (Å²) < 4.78 is 6.38. The van der Waals surface area contributed by atoms with Crippen molar-refractivity contribution < 1.29 is 4.74 Å². The van der Waals surface area contributed by atoms with Gasteiger partial charge in [-0.25, -0.2) is 9.97 Å². The van der Waals surface area contributed by atoms with Crippen molar-refractivity contribution in [2.75, 3.05) is 0 Å². The SMILES string of the molecule is Brc1cnc(OC2CCCC2)cn1. The van der Waals surface area contributed by atoms with Gasteiger partial charge in [0.15, 0.2) is 0 Å². The van der Waals surface area contributed by atoms with Crippen LogP contribution in [0.25, 0.3) is 0 Å². The van der Waals surface area contributed by atoms with E-state index >= 15 is 0 Å². The molecule has 0 spiro atoms. The number of ether oxygens (including phenoxy) is 1. The van der Waals surface area contributed by atoms with Crippen molar-refractivity contribution in [2.45, 2.75) is 31.8 Å². The van der Waals surface area contributed by atoms with Crippen molar-refractivity contribution in [1.29, 1.82) is 0 Å². The van der Waals surface area contributed by atoms with Crippen molar-refractivity contribution in [1.82, 2.24) is 9.97 Å². The highest BCUT2D eigenvalue weighted by Crippen LogP contribution is 2.22. The fourth-order valence-corrected chi connectivity index (χ4v) is 1.74. The van der Waals surface area contributed by atoms with Gasteiger partial charge in [-0.3, -0.25) is 0 Å². The Labute approximate surface area is 85.7 Å². The Bertz CT molecular complexity index is 269. The molecule has 0 aromatic carbocycles. The van der Waals surface area contributed by atoms with Gasteiger partial charge in [-0.05, 0) is 41.6 Å². The van der Waals surface area contributed by atoms with Gasteiger partial charge in [0, 0.05) is 0 Å². The Kier molecular flexibility index (Phi) is 2.78. The molecule has 1 aliphatic carbocycles. The molecule has 1 aliphatic rings. The molecule has 13 heavy (non-hydrogen) atoms. The molecule has 1 aromatic heterocycles. The molecule has 1 fully saturated rings. The average molecular weight is 243 g/mol. The minimum Gasteiger partial charge on any atom is -0.473 e. The van der Waals surface area contributed by atoms with E-state index in [1.807, 2.05) is 0 Å². The highest BCUT2D eigenvalue weighted by Gasteiger charge is 2.16. The molecular weight excluding hydrogens is 232 g/mol. The van der Waals surface area contributed by atoms with Gasteiger partial charge >= 0.3 is 0 Å². The van der Waals surface area contributed by atoms with Crippen LogP contribution in [0.4, 0.5) is 0 Å². The van der Waals surface area contributed by atoms with Gasteiger partial charge in [-0.1, -0.05) is 0 Å². The zero-order valence-electron chi connectivity index (χ0n) is 7.24. The quantitative estimate of drug-likeness (QED) is 0.800. The van der Waals surface area contributed by atoms with Crippen molar-refractivity contribution >= 4 is 15.9 Å². The molecule has 1 aromatic rings. The summed E-state index contributed by atoms with van der Waals surface area (Å²) in [4.78, 5) is 8.16. The van der Waals surface area contributed by atoms with Crippen LogP contribution in [-0.4, -0.2) is 16.1 Å². The van der Waals surface area contributed by atoms with Gasteiger partial charge in [0.1, 0.15) is 10.7 Å². The first-order chi connectivity index (χ1) is 6.34. The van der Waals surface area contributed by atoms with Gasteiger partial charge in [0.2, 0.25) is 5.88 Å². The molecule has 1 saturated carbocycles. The van der Waals surface area contributed by atoms with Crippen LogP contribution in [-0.2, 0) is 0 Å². The fraction of sp³-hybridized carbons (Fsp3) is 0.556. The average Bonchev–Trinajstić information content (AvgIpc) is 2.62. The monoisotopic (exact) mass is 242 g/mol. The number of halogens is 1. The molecular formula is C9H11BrN2O. The first-order valence-electron chi connectivity index (χ1n) is 4.49. The second-order valence-electron chi connectivity index (χ2n) is 3.20. The van der Waals surface area contributed by atoms with Crippen LogP contribution in [0.3, 0.4) is 0 Å². The summed E-state index contributed by atoms with van der Waals surface area (Å²) in [6.07, 6.45) is 8.52. The molecule has 2 rings (SSSR count). The molecule has 0 unspecified atom stereocenters. The number of hydrogen-bond donors (Lipinski definition) is 0. The lowest BCUT2D eigenvalue weighted by Gasteiger charge is -2.10. The van der Waals surface area contributed by atoms with E-state index in [1.54, 1.807) is 12.4 Å². The van der Waals surface area contributed by atoms with Gasteiger partial charge in [0.25, 0.3) is 0 Å². The molecule has 0 bridgehead atoms. The molecule has 4 heteroatoms. The summed E-state index contributed by atoms with van der Waals surface area (Å²) in [6.45, 7) is 0. The van der Waals surface area contributed by atoms with E-state index in [0.717, 1.165) is 17.4 Å². The van der Waals surface area contributed by atoms with E-state index in [1.165, 1.54) is 12.8 Å². The maximum absolute atomic E-state index is 5.64. The Morgan fingerprint density at radius 3 is 2.62 bits per heavy atom. The second-order valence-corrected chi connectivity index (χ2v) is 4.01. The van der Waals surface area contributed by atoms with E-state index < -0.39 is 0 Å². The van der Waals surface area contributed by atoms with Crippen molar-refractivity contribution in [3.05, 3.63) is 17.0 Å². The van der Waals surface area contributed by atoms with E-state index in [2.05, 4.69) is 25.9 Å². The number of rotatable bonds is 2. The predicted octanol–water partition coefficient (Wildman–Crippen LogP) is 2.56. The van der Waals surface area contributed by atoms with Crippen LogP contribution >= 0.6 is 15.9 Å². The smallest absolute Gasteiger partial charge is 0.232 e. The zero-order chi connectivity index (χ0) is 9.10. The maximum atomic E-state index is 5.64. The zero-order valence-corrected chi connectivity index (χ0v) is 8.83. The van der Waals surface area contributed by atoms with E-state index in [-0.39, 0.29) is 0 Å². The van der Waals surface area contributed by atoms with Gasteiger partial charge in [-0.15, -0.1) is 0 Å². The lowest BCUT2D eigenvalue weighted by Crippen LogP contribution is -2.11. The molecule has 0 aliphatic heterocycles. The van der Waals surface area contributed by atoms with Crippen LogP contribution < -0.4 is 4.74 Å². The Balaban J connectivity index is 1.97. The van der Waals surface area contributed by atoms with Crippen LogP contribution in [0.15, 0.2) is 17.0 Å². The topological polar surface area (TPSA) is 35.0 Å². The molecule has 0 N–H and O–H groups in total. The van der Waals surface area contributed by atoms with Crippen LogP contribution in [0.1, 0.15) is 25.7 Å². The van der Waals surface area contributed by atoms with Crippen molar-refractivity contribution in [3.63, 3.8) is 0 Å². The lowest BCUT2D eigenvalue weighted by molar-refractivity contribution is 0.200. The third-order valence-electron chi connectivity index (χ3n) is 2.19. The summed E-state index contributed by atoms with van der Waals surface area (Å²) in [5, 5.41) is 0. The lowest BCUT2D eigenvalue weighted by atomic mass is 10.3. The van der Waals surface area contributed by atoms with Gasteiger partial charge in [-0.2, -0.15) is 0 Å². The first-order valence-corrected chi connectivity index (χ1v) is 5.28. The molecule has 0 saturated heterocycles. The standard InChI is InChI=1S/C9H11BrN2O/c10-8-5-12-9(6-11-8)13-7-3-1-2-4-7/h5-7H,1-4H2. The van der Waals surface area contributed by atoms with Crippen molar-refractivity contribution in [3.8, 4) is 5.88 Å². The third-order valence-corrected chi connectivity index (χ3v) is 2.60. The van der Waals surface area contributed by atoms with Gasteiger partial charge in [0.05, 0.1) is 12.4 Å². The number of aromatic nitrogens is 2. The number of nitrogens with zero attached hydrogens (tertiary/aromatic N) is 2. The summed E-state index contributed by atoms with van der Waals surface area (Å²) in [5.74, 6) is 0.634. The Morgan fingerprint density at radius 1 is 1.23 bits per heavy atom. The summed E-state index contributed by atoms with van der Waals surface area (Å²) in [6, 6.07) is 0. The molecule has 0 atom stereocenters. The fourth-order valence-electron chi connectivity index (χ4n) is 1.54. The minimum absolute atomic E-state index is 0.357. The predicted molar refractivity (Wildman–Crippen MR) is 52.6 cm³/mol. The first kappa shape index (κ1) is 8.94. The summed E-state index contributed by atoms with van der Waals surface area (Å²) in [5.41, 5.74) is 0. The van der Waals surface area contributed by atoms with Crippen molar-refractivity contribution in [2.24, 2.45) is 0 Å². The minimum atomic E-state index is 0.357. The largest absolute Gasteiger partial charge is 0.473 e. The van der Waals surface area contributed by atoms with Crippen LogP contribution in [0.2, 0.25) is 0 Å². The maximum Gasteiger partial charge on any atom is 0.232 e.